The maximum absolute atomic E-state index is 13.7. The predicted molar refractivity (Wildman–Crippen MR) is 61.2 cm³/mol. The van der Waals surface area contributed by atoms with E-state index in [1.54, 1.807) is 20.0 Å². The van der Waals surface area contributed by atoms with Crippen LogP contribution < -0.4 is 5.56 Å². The highest BCUT2D eigenvalue weighted by Gasteiger charge is 2.15. The first-order valence-corrected chi connectivity index (χ1v) is 5.09. The van der Waals surface area contributed by atoms with Crippen molar-refractivity contribution in [1.82, 2.24) is 9.78 Å². The van der Waals surface area contributed by atoms with E-state index in [2.05, 4.69) is 5.10 Å². The number of aromatic nitrogens is 2. The van der Waals surface area contributed by atoms with Crippen LogP contribution in [0.15, 0.2) is 23.0 Å². The zero-order valence-electron chi connectivity index (χ0n) is 8.84. The van der Waals surface area contributed by atoms with Crippen LogP contribution in [0, 0.1) is 12.7 Å². The number of aromatic amines is 1. The van der Waals surface area contributed by atoms with E-state index in [9.17, 15) is 9.18 Å². The van der Waals surface area contributed by atoms with Crippen LogP contribution in [0.5, 0.6) is 0 Å². The van der Waals surface area contributed by atoms with Crippen LogP contribution in [0.4, 0.5) is 4.39 Å². The highest BCUT2D eigenvalue weighted by atomic mass is 35.5. The molecule has 2 aromatic rings. The van der Waals surface area contributed by atoms with Gasteiger partial charge in [-0.3, -0.25) is 14.6 Å². The van der Waals surface area contributed by atoms with Crippen LogP contribution in [0.1, 0.15) is 5.69 Å². The zero-order valence-corrected chi connectivity index (χ0v) is 9.60. The lowest BCUT2D eigenvalue weighted by atomic mass is 10.1. The van der Waals surface area contributed by atoms with Gasteiger partial charge >= 0.3 is 0 Å². The van der Waals surface area contributed by atoms with Gasteiger partial charge in [0.15, 0.2) is 0 Å². The van der Waals surface area contributed by atoms with Gasteiger partial charge in [-0.05, 0) is 25.1 Å². The Balaban J connectivity index is 2.72. The summed E-state index contributed by atoms with van der Waals surface area (Å²) in [7, 11) is 1.59. The van der Waals surface area contributed by atoms with Crippen LogP contribution in [0.3, 0.4) is 0 Å². The number of benzene rings is 1. The van der Waals surface area contributed by atoms with E-state index < -0.39 is 5.82 Å². The molecule has 0 aliphatic carbocycles. The summed E-state index contributed by atoms with van der Waals surface area (Å²) < 4.78 is 15.0. The van der Waals surface area contributed by atoms with Gasteiger partial charge in [-0.15, -0.1) is 0 Å². The quantitative estimate of drug-likeness (QED) is 0.817. The molecule has 0 aliphatic rings. The van der Waals surface area contributed by atoms with Crippen molar-refractivity contribution in [2.24, 2.45) is 7.05 Å². The minimum atomic E-state index is -0.493. The third-order valence-corrected chi connectivity index (χ3v) is 2.66. The zero-order chi connectivity index (χ0) is 11.9. The third kappa shape index (κ3) is 1.65. The maximum Gasteiger partial charge on any atom is 0.274 e. The molecule has 0 aliphatic heterocycles. The van der Waals surface area contributed by atoms with Crippen LogP contribution >= 0.6 is 11.6 Å². The van der Waals surface area contributed by atoms with Crippen molar-refractivity contribution in [3.8, 4) is 11.1 Å². The summed E-state index contributed by atoms with van der Waals surface area (Å²) >= 11 is 5.66. The minimum absolute atomic E-state index is 0.251. The third-order valence-electron chi connectivity index (χ3n) is 2.43. The summed E-state index contributed by atoms with van der Waals surface area (Å²) in [4.78, 5) is 11.8. The first kappa shape index (κ1) is 11.0. The van der Waals surface area contributed by atoms with Crippen molar-refractivity contribution < 1.29 is 4.39 Å². The summed E-state index contributed by atoms with van der Waals surface area (Å²) in [6, 6.07) is 4.27. The summed E-state index contributed by atoms with van der Waals surface area (Å²) in [5, 5.41) is 3.13. The van der Waals surface area contributed by atoms with Crippen LogP contribution in [0.25, 0.3) is 11.1 Å². The Morgan fingerprint density at radius 3 is 2.62 bits per heavy atom. The van der Waals surface area contributed by atoms with Gasteiger partial charge in [0.05, 0.1) is 5.56 Å². The Hall–Kier alpha value is -1.55. The topological polar surface area (TPSA) is 37.8 Å². The minimum Gasteiger partial charge on any atom is -0.300 e. The maximum atomic E-state index is 13.7. The first-order chi connectivity index (χ1) is 7.50. The second kappa shape index (κ2) is 3.79. The number of H-pyrrole nitrogens is 1. The molecule has 1 aromatic heterocycles. The number of hydrogen-bond donors (Lipinski definition) is 1. The number of rotatable bonds is 1. The number of hydrogen-bond acceptors (Lipinski definition) is 1. The number of aryl methyl sites for hydroxylation is 2. The monoisotopic (exact) mass is 240 g/mol. The Morgan fingerprint density at radius 1 is 1.44 bits per heavy atom. The fraction of sp³-hybridized carbons (Fsp3) is 0.182. The number of nitrogens with zero attached hydrogens (tertiary/aromatic N) is 1. The SMILES string of the molecule is Cc1[nH]n(C)c(=O)c1-c1ccc(Cl)cc1F. The summed E-state index contributed by atoms with van der Waals surface area (Å²) in [6.45, 7) is 1.73. The molecule has 0 atom stereocenters. The molecule has 5 heteroatoms. The summed E-state index contributed by atoms with van der Waals surface area (Å²) in [5.41, 5.74) is 0.993. The molecule has 0 fully saturated rings. The average molecular weight is 241 g/mol. The van der Waals surface area contributed by atoms with Crippen molar-refractivity contribution >= 4 is 11.6 Å². The van der Waals surface area contributed by atoms with Gasteiger partial charge in [-0.1, -0.05) is 11.6 Å². The Bertz CT molecular complexity index is 601. The summed E-state index contributed by atoms with van der Waals surface area (Å²) in [6.07, 6.45) is 0. The van der Waals surface area contributed by atoms with Gasteiger partial charge < -0.3 is 0 Å². The van der Waals surface area contributed by atoms with Gasteiger partial charge in [-0.25, -0.2) is 4.39 Å². The molecule has 0 spiro atoms. The fourth-order valence-electron chi connectivity index (χ4n) is 1.70. The standard InChI is InChI=1S/C11H10ClFN2O/c1-6-10(11(16)15(2)14-6)8-4-3-7(12)5-9(8)13/h3-5,14H,1-2H3. The van der Waals surface area contributed by atoms with Crippen molar-refractivity contribution in [2.75, 3.05) is 0 Å². The van der Waals surface area contributed by atoms with Gasteiger partial charge in [0.1, 0.15) is 5.82 Å². The second-order valence-corrected chi connectivity index (χ2v) is 4.04. The van der Waals surface area contributed by atoms with Crippen LogP contribution in [0.2, 0.25) is 5.02 Å². The van der Waals surface area contributed by atoms with Gasteiger partial charge in [0, 0.05) is 23.3 Å². The highest BCUT2D eigenvalue weighted by Crippen LogP contribution is 2.24. The van der Waals surface area contributed by atoms with E-state index in [0.29, 0.717) is 16.3 Å². The van der Waals surface area contributed by atoms with Crippen molar-refractivity contribution in [3.05, 3.63) is 45.1 Å². The Labute approximate surface area is 96.5 Å². The molecule has 0 saturated carbocycles. The smallest absolute Gasteiger partial charge is 0.274 e. The molecule has 0 amide bonds. The van der Waals surface area contributed by atoms with E-state index in [-0.39, 0.29) is 11.1 Å². The number of nitrogens with one attached hydrogen (secondary N) is 1. The van der Waals surface area contributed by atoms with Gasteiger partial charge in [0.2, 0.25) is 0 Å². The predicted octanol–water partition coefficient (Wildman–Crippen LogP) is 2.48. The van der Waals surface area contributed by atoms with E-state index in [1.165, 1.54) is 16.8 Å². The van der Waals surface area contributed by atoms with Crippen molar-refractivity contribution in [1.29, 1.82) is 0 Å². The lowest BCUT2D eigenvalue weighted by molar-refractivity contribution is 0.631. The first-order valence-electron chi connectivity index (χ1n) is 4.71. The molecule has 1 aromatic carbocycles. The van der Waals surface area contributed by atoms with Gasteiger partial charge in [-0.2, -0.15) is 0 Å². The largest absolute Gasteiger partial charge is 0.300 e. The molecular weight excluding hydrogens is 231 g/mol. The highest BCUT2D eigenvalue weighted by molar-refractivity contribution is 6.30. The molecule has 84 valence electrons. The van der Waals surface area contributed by atoms with Crippen molar-refractivity contribution in [2.45, 2.75) is 6.92 Å². The molecule has 0 radical (unpaired) electrons. The van der Waals surface area contributed by atoms with E-state index in [4.69, 9.17) is 11.6 Å². The molecule has 2 rings (SSSR count). The molecular formula is C11H10ClFN2O. The average Bonchev–Trinajstić information content (AvgIpc) is 2.43. The van der Waals surface area contributed by atoms with E-state index in [0.717, 1.165) is 0 Å². The molecule has 16 heavy (non-hydrogen) atoms. The normalized spacial score (nSPS) is 10.8. The summed E-state index contributed by atoms with van der Waals surface area (Å²) in [5.74, 6) is -0.493. The van der Waals surface area contributed by atoms with Crippen LogP contribution in [-0.2, 0) is 7.05 Å². The van der Waals surface area contributed by atoms with E-state index in [1.807, 2.05) is 0 Å². The number of halogens is 2. The van der Waals surface area contributed by atoms with Crippen LogP contribution in [-0.4, -0.2) is 9.78 Å². The molecule has 1 N–H and O–H groups in total. The molecule has 0 bridgehead atoms. The van der Waals surface area contributed by atoms with E-state index >= 15 is 0 Å². The second-order valence-electron chi connectivity index (χ2n) is 3.60. The molecule has 1 heterocycles. The molecule has 0 saturated heterocycles. The molecule has 0 unspecified atom stereocenters. The lowest BCUT2D eigenvalue weighted by Gasteiger charge is -2.00. The molecule has 3 nitrogen and oxygen atoms in total. The fourth-order valence-corrected chi connectivity index (χ4v) is 1.85. The Morgan fingerprint density at radius 2 is 2.12 bits per heavy atom. The van der Waals surface area contributed by atoms with Gasteiger partial charge in [0.25, 0.3) is 5.56 Å². The Kier molecular flexibility index (Phi) is 2.59. The lowest BCUT2D eigenvalue weighted by Crippen LogP contribution is -2.13. The van der Waals surface area contributed by atoms with Crippen molar-refractivity contribution in [3.63, 3.8) is 0 Å².